The zero-order chi connectivity index (χ0) is 39.1. The predicted molar refractivity (Wildman–Crippen MR) is 242 cm³/mol. The second-order valence-corrected chi connectivity index (χ2v) is 26.5. The predicted octanol–water partition coefficient (Wildman–Crippen LogP) is 11.4. The highest BCUT2D eigenvalue weighted by atomic mass is 15.4. The molecule has 6 heterocycles. The van der Waals surface area contributed by atoms with Crippen LogP contribution in [0.5, 0.6) is 0 Å². The summed E-state index contributed by atoms with van der Waals surface area (Å²) in [4.78, 5) is 14.1. The highest BCUT2D eigenvalue weighted by Crippen LogP contribution is 2.71. The minimum absolute atomic E-state index is 0.893. The zero-order valence-corrected chi connectivity index (χ0v) is 38.6. The van der Waals surface area contributed by atoms with Crippen molar-refractivity contribution in [2.45, 2.75) is 266 Å². The molecule has 6 saturated heterocycles. The van der Waals surface area contributed by atoms with Crippen LogP contribution in [-0.2, 0) is 0 Å². The molecule has 0 bridgehead atoms. The molecule has 0 aromatic carbocycles. The Morgan fingerprint density at radius 3 is 0.983 bits per heavy atom. The Morgan fingerprint density at radius 1 is 0.233 bits per heavy atom. The summed E-state index contributed by atoms with van der Waals surface area (Å²) >= 11 is 0. The molecule has 24 atom stereocenters. The van der Waals surface area contributed by atoms with Crippen LogP contribution in [0, 0.1) is 82.9 Å². The first-order valence-electron chi connectivity index (χ1n) is 28.8. The highest BCUT2D eigenvalue weighted by molar-refractivity contribution is 5.28. The van der Waals surface area contributed by atoms with E-state index in [0.29, 0.717) is 0 Å². The lowest BCUT2D eigenvalue weighted by Gasteiger charge is -2.57. The van der Waals surface area contributed by atoms with Gasteiger partial charge < -0.3 is 0 Å². The van der Waals surface area contributed by atoms with E-state index in [1.807, 2.05) is 0 Å². The van der Waals surface area contributed by atoms with Crippen LogP contribution in [0.15, 0.2) is 0 Å². The number of fused-ring (bicyclic) bond motifs is 20. The number of nitrogens with zero attached hydrogens (tertiary/aromatic N) is 4. The molecule has 60 heavy (non-hydrogen) atoms. The molecule has 0 aromatic heterocycles. The first kappa shape index (κ1) is 38.0. The monoisotopic (exact) mass is 817 g/mol. The molecule has 0 N–H and O–H groups in total. The van der Waals surface area contributed by atoms with Gasteiger partial charge >= 0.3 is 0 Å². The lowest BCUT2D eigenvalue weighted by Crippen LogP contribution is -2.65. The highest BCUT2D eigenvalue weighted by Gasteiger charge is 2.76. The maximum atomic E-state index is 3.61. The third-order valence-electron chi connectivity index (χ3n) is 25.4. The number of hydrogen-bond acceptors (Lipinski definition) is 4. The van der Waals surface area contributed by atoms with Crippen LogP contribution in [-0.4, -0.2) is 92.1 Å². The van der Waals surface area contributed by atoms with Crippen LogP contribution in [0.1, 0.15) is 194 Å². The van der Waals surface area contributed by atoms with E-state index in [0.717, 1.165) is 155 Å². The minimum atomic E-state index is 0.893. The van der Waals surface area contributed by atoms with Gasteiger partial charge in [-0.1, -0.05) is 90.9 Å². The van der Waals surface area contributed by atoms with Crippen LogP contribution in [0.25, 0.3) is 0 Å². The molecule has 9 saturated carbocycles. The molecule has 15 rings (SSSR count). The minimum Gasteiger partial charge on any atom is -0.292 e. The van der Waals surface area contributed by atoms with Gasteiger partial charge in [-0.3, -0.25) is 19.6 Å². The lowest BCUT2D eigenvalue weighted by molar-refractivity contribution is -0.0744. The molecule has 0 amide bonds. The van der Waals surface area contributed by atoms with E-state index in [4.69, 9.17) is 0 Å². The Labute approximate surface area is 367 Å². The maximum absolute atomic E-state index is 3.61. The largest absolute Gasteiger partial charge is 0.292 e. The Kier molecular flexibility index (Phi) is 8.98. The fourth-order valence-corrected chi connectivity index (χ4v) is 24.5. The summed E-state index contributed by atoms with van der Waals surface area (Å²) in [5.74, 6) is 14.0. The molecular formula is C56H88N4. The van der Waals surface area contributed by atoms with E-state index in [1.165, 1.54) is 77.0 Å². The van der Waals surface area contributed by atoms with Crippen LogP contribution in [0.3, 0.4) is 0 Å². The van der Waals surface area contributed by atoms with Crippen molar-refractivity contribution >= 4 is 0 Å². The van der Waals surface area contributed by atoms with Crippen molar-refractivity contribution in [3.8, 4) is 0 Å². The van der Waals surface area contributed by atoms with Crippen LogP contribution in [0.4, 0.5) is 0 Å². The Hall–Kier alpha value is -0.160. The van der Waals surface area contributed by atoms with Crippen molar-refractivity contribution in [1.82, 2.24) is 19.6 Å². The van der Waals surface area contributed by atoms with Crippen molar-refractivity contribution in [3.05, 3.63) is 0 Å². The standard InChI is InChI=1S/C56H88N4/c1-31-47-43-23-13-21-37-42-30-28-40-36-20-10-12-26-46(36)58(34-17-7-4-8-18-34)54(40)56(42)60(51(37)43)50(47)32(2)48-44-24-14-22-38-41-29-27-39-35-19-9-11-25-45(35)57(33-15-5-3-6-16-33)53(39)55(41)59(49(31)48)52(38)44/h31-56H,3-30H2,1-2H3. The molecule has 332 valence electrons. The van der Waals surface area contributed by atoms with Gasteiger partial charge in [0.25, 0.3) is 0 Å². The normalized spacial score (nSPS) is 59.9. The maximum Gasteiger partial charge on any atom is 0.0292 e. The molecular weight excluding hydrogens is 729 g/mol. The molecule has 24 unspecified atom stereocenters. The summed E-state index contributed by atoms with van der Waals surface area (Å²) in [6.07, 6.45) is 43.6. The topological polar surface area (TPSA) is 13.0 Å². The van der Waals surface area contributed by atoms with Crippen molar-refractivity contribution in [1.29, 1.82) is 0 Å². The van der Waals surface area contributed by atoms with E-state index < -0.39 is 0 Å². The number of rotatable bonds is 2. The smallest absolute Gasteiger partial charge is 0.0292 e. The van der Waals surface area contributed by atoms with E-state index in [9.17, 15) is 0 Å². The van der Waals surface area contributed by atoms with Crippen molar-refractivity contribution in [2.75, 3.05) is 0 Å². The molecule has 0 aromatic rings. The number of likely N-dealkylation sites (tertiary alicyclic amines) is 2. The van der Waals surface area contributed by atoms with Gasteiger partial charge in [0.2, 0.25) is 0 Å². The van der Waals surface area contributed by atoms with Crippen molar-refractivity contribution < 1.29 is 0 Å². The van der Waals surface area contributed by atoms with E-state index in [1.54, 1.807) is 103 Å². The molecule has 0 radical (unpaired) electrons. The van der Waals surface area contributed by atoms with Crippen LogP contribution in [0.2, 0.25) is 0 Å². The van der Waals surface area contributed by atoms with E-state index in [-0.39, 0.29) is 0 Å². The molecule has 0 spiro atoms. The molecule has 4 nitrogen and oxygen atoms in total. The average Bonchev–Trinajstić information content (AvgIpc) is 4.13. The average molecular weight is 817 g/mol. The van der Waals surface area contributed by atoms with Gasteiger partial charge in [0, 0.05) is 72.5 Å². The quantitative estimate of drug-likeness (QED) is 0.275. The molecule has 15 fully saturated rings. The summed E-state index contributed by atoms with van der Waals surface area (Å²) in [5, 5.41) is 0. The summed E-state index contributed by atoms with van der Waals surface area (Å²) in [7, 11) is 0. The van der Waals surface area contributed by atoms with Gasteiger partial charge in [-0.25, -0.2) is 0 Å². The Balaban J connectivity index is 0.823. The first-order valence-corrected chi connectivity index (χ1v) is 28.8. The summed E-state index contributed by atoms with van der Waals surface area (Å²) < 4.78 is 0. The van der Waals surface area contributed by atoms with Gasteiger partial charge in [0.1, 0.15) is 0 Å². The lowest BCUT2D eigenvalue weighted by atomic mass is 9.54. The molecule has 9 aliphatic carbocycles. The van der Waals surface area contributed by atoms with Crippen molar-refractivity contribution in [2.24, 2.45) is 82.9 Å². The third kappa shape index (κ3) is 4.87. The second-order valence-electron chi connectivity index (χ2n) is 26.5. The fourth-order valence-electron chi connectivity index (χ4n) is 24.5. The van der Waals surface area contributed by atoms with Crippen molar-refractivity contribution in [3.63, 3.8) is 0 Å². The fraction of sp³-hybridized carbons (Fsp3) is 1.00. The number of hydrogen-bond donors (Lipinski definition) is 0. The van der Waals surface area contributed by atoms with E-state index in [2.05, 4.69) is 33.4 Å². The molecule has 6 aliphatic heterocycles. The van der Waals surface area contributed by atoms with Gasteiger partial charge in [0.05, 0.1) is 0 Å². The third-order valence-corrected chi connectivity index (χ3v) is 25.4. The van der Waals surface area contributed by atoms with Gasteiger partial charge in [-0.2, -0.15) is 0 Å². The first-order chi connectivity index (χ1) is 29.7. The van der Waals surface area contributed by atoms with Gasteiger partial charge in [-0.15, -0.1) is 0 Å². The summed E-state index contributed by atoms with van der Waals surface area (Å²) in [5.41, 5.74) is 0. The SMILES string of the molecule is CC1C2C3CCCC4C5CCC6C7CCCCC7N(C7CCCCC7)C6C5N(C43)C2C(C)C2C3CCCC4C5CCC6C7CCCCC7N(C7CCCCC7)C6C5N(C43)C12. The van der Waals surface area contributed by atoms with Crippen LogP contribution >= 0.6 is 0 Å². The summed E-state index contributed by atoms with van der Waals surface area (Å²) in [6.45, 7) is 5.94. The van der Waals surface area contributed by atoms with Crippen LogP contribution < -0.4 is 0 Å². The molecule has 4 heteroatoms. The zero-order valence-electron chi connectivity index (χ0n) is 38.6. The van der Waals surface area contributed by atoms with E-state index >= 15 is 0 Å². The second kappa shape index (κ2) is 14.2. The van der Waals surface area contributed by atoms with Gasteiger partial charge in [0.15, 0.2) is 0 Å². The Bertz CT molecular complexity index is 1520. The summed E-state index contributed by atoms with van der Waals surface area (Å²) in [6, 6.07) is 11.0. The van der Waals surface area contributed by atoms with Gasteiger partial charge in [-0.05, 0) is 186 Å². The molecule has 15 aliphatic rings. The Morgan fingerprint density at radius 2 is 0.550 bits per heavy atom.